The Morgan fingerprint density at radius 2 is 1.08 bits per heavy atom. The molecule has 1 aliphatic rings. The van der Waals surface area contributed by atoms with Crippen molar-refractivity contribution in [2.75, 3.05) is 0 Å². The molecular weight excluding hydrogens is 158 g/mol. The fourth-order valence-corrected chi connectivity index (χ4v) is 2.22. The highest BCUT2D eigenvalue weighted by Gasteiger charge is 2.38. The van der Waals surface area contributed by atoms with Crippen LogP contribution in [0.3, 0.4) is 0 Å². The summed E-state index contributed by atoms with van der Waals surface area (Å²) in [5, 5.41) is 3.81. The smallest absolute Gasteiger partial charge is 0.0367 e. The van der Waals surface area contributed by atoms with Gasteiger partial charge in [0.2, 0.25) is 0 Å². The van der Waals surface area contributed by atoms with E-state index in [9.17, 15) is 0 Å². The van der Waals surface area contributed by atoms with E-state index in [1.807, 2.05) is 0 Å². The van der Waals surface area contributed by atoms with Gasteiger partial charge in [0.15, 0.2) is 0 Å². The van der Waals surface area contributed by atoms with E-state index in [4.69, 9.17) is 0 Å². The van der Waals surface area contributed by atoms with Crippen LogP contribution in [-0.2, 0) is 0 Å². The molecule has 0 radical (unpaired) electrons. The van der Waals surface area contributed by atoms with E-state index in [2.05, 4.69) is 45.2 Å². The molecule has 0 amide bonds. The van der Waals surface area contributed by atoms with Gasteiger partial charge >= 0.3 is 0 Å². The Labute approximate surface area is 82.6 Å². The number of rotatable bonds is 4. The van der Waals surface area contributed by atoms with Gasteiger partial charge in [0.05, 0.1) is 0 Å². The molecule has 0 aliphatic carbocycles. The first-order valence-electron chi connectivity index (χ1n) is 5.65. The highest BCUT2D eigenvalue weighted by atomic mass is 15.1. The molecule has 1 rings (SSSR count). The van der Waals surface area contributed by atoms with Gasteiger partial charge in [-0.25, -0.2) is 0 Å². The SMILES string of the molecule is CCC1(CC)C=CC(CC)(CC)N1. The van der Waals surface area contributed by atoms with Crippen LogP contribution in [0.25, 0.3) is 0 Å². The van der Waals surface area contributed by atoms with Crippen LogP contribution in [0.15, 0.2) is 12.2 Å². The summed E-state index contributed by atoms with van der Waals surface area (Å²) in [6.45, 7) is 9.06. The molecule has 13 heavy (non-hydrogen) atoms. The van der Waals surface area contributed by atoms with Crippen molar-refractivity contribution in [2.24, 2.45) is 0 Å². The summed E-state index contributed by atoms with van der Waals surface area (Å²) in [6.07, 6.45) is 9.56. The lowest BCUT2D eigenvalue weighted by atomic mass is 9.92. The molecule has 1 heteroatoms. The van der Waals surface area contributed by atoms with E-state index in [0.717, 1.165) is 0 Å². The Balaban J connectivity index is 2.77. The first-order chi connectivity index (χ1) is 6.16. The van der Waals surface area contributed by atoms with Gasteiger partial charge in [0, 0.05) is 11.1 Å². The molecule has 0 atom stereocenters. The topological polar surface area (TPSA) is 12.0 Å². The second-order valence-corrected chi connectivity index (χ2v) is 4.18. The van der Waals surface area contributed by atoms with Crippen molar-refractivity contribution in [2.45, 2.75) is 64.5 Å². The summed E-state index contributed by atoms with van der Waals surface area (Å²) in [7, 11) is 0. The van der Waals surface area contributed by atoms with Crippen LogP contribution in [-0.4, -0.2) is 11.1 Å². The molecule has 1 heterocycles. The zero-order chi connectivity index (χ0) is 9.95. The number of nitrogens with one attached hydrogen (secondary N) is 1. The van der Waals surface area contributed by atoms with Crippen molar-refractivity contribution in [3.8, 4) is 0 Å². The van der Waals surface area contributed by atoms with Gasteiger partial charge in [-0.15, -0.1) is 0 Å². The second kappa shape index (κ2) is 3.83. The van der Waals surface area contributed by atoms with Crippen LogP contribution in [0, 0.1) is 0 Å². The van der Waals surface area contributed by atoms with Gasteiger partial charge < -0.3 is 0 Å². The minimum absolute atomic E-state index is 0.284. The van der Waals surface area contributed by atoms with Crippen molar-refractivity contribution in [1.82, 2.24) is 5.32 Å². The monoisotopic (exact) mass is 181 g/mol. The van der Waals surface area contributed by atoms with Gasteiger partial charge in [-0.2, -0.15) is 0 Å². The lowest BCUT2D eigenvalue weighted by Gasteiger charge is -2.34. The van der Waals surface area contributed by atoms with Gasteiger partial charge in [-0.3, -0.25) is 5.32 Å². The Hall–Kier alpha value is -0.300. The van der Waals surface area contributed by atoms with Gasteiger partial charge in [0.1, 0.15) is 0 Å². The van der Waals surface area contributed by atoms with E-state index in [-0.39, 0.29) is 11.1 Å². The predicted molar refractivity (Wildman–Crippen MR) is 58.9 cm³/mol. The zero-order valence-electron chi connectivity index (χ0n) is 9.48. The fraction of sp³-hybridized carbons (Fsp3) is 0.833. The van der Waals surface area contributed by atoms with Crippen LogP contribution < -0.4 is 5.32 Å². The van der Waals surface area contributed by atoms with E-state index >= 15 is 0 Å². The molecule has 1 nitrogen and oxygen atoms in total. The highest BCUT2D eigenvalue weighted by molar-refractivity contribution is 5.23. The average molecular weight is 181 g/mol. The van der Waals surface area contributed by atoms with Crippen molar-refractivity contribution in [3.63, 3.8) is 0 Å². The standard InChI is InChI=1S/C12H23N/c1-5-11(6-2)9-10-12(7-3,8-4)13-11/h9-10,13H,5-8H2,1-4H3. The third kappa shape index (κ3) is 1.80. The molecule has 0 bridgehead atoms. The minimum atomic E-state index is 0.284. The molecule has 1 N–H and O–H groups in total. The van der Waals surface area contributed by atoms with Crippen LogP contribution >= 0.6 is 0 Å². The van der Waals surface area contributed by atoms with Crippen molar-refractivity contribution >= 4 is 0 Å². The van der Waals surface area contributed by atoms with Crippen molar-refractivity contribution in [3.05, 3.63) is 12.2 Å². The summed E-state index contributed by atoms with van der Waals surface area (Å²) < 4.78 is 0. The Morgan fingerprint density at radius 1 is 0.769 bits per heavy atom. The average Bonchev–Trinajstić information content (AvgIpc) is 2.59. The maximum atomic E-state index is 3.81. The first kappa shape index (κ1) is 10.8. The maximum Gasteiger partial charge on any atom is 0.0367 e. The van der Waals surface area contributed by atoms with Gasteiger partial charge in [-0.1, -0.05) is 39.8 Å². The van der Waals surface area contributed by atoms with Crippen LogP contribution in [0.4, 0.5) is 0 Å². The first-order valence-corrected chi connectivity index (χ1v) is 5.65. The third-order valence-corrected chi connectivity index (χ3v) is 3.74. The summed E-state index contributed by atoms with van der Waals surface area (Å²) >= 11 is 0. The molecule has 0 unspecified atom stereocenters. The van der Waals surface area contributed by atoms with E-state index in [1.165, 1.54) is 25.7 Å². The fourth-order valence-electron chi connectivity index (χ4n) is 2.22. The van der Waals surface area contributed by atoms with E-state index < -0.39 is 0 Å². The minimum Gasteiger partial charge on any atom is -0.299 e. The number of hydrogen-bond donors (Lipinski definition) is 1. The Bertz CT molecular complexity index is 165. The quantitative estimate of drug-likeness (QED) is 0.656. The van der Waals surface area contributed by atoms with Gasteiger partial charge in [0.25, 0.3) is 0 Å². The molecule has 0 spiro atoms. The molecule has 1 aliphatic heterocycles. The summed E-state index contributed by atoms with van der Waals surface area (Å²) in [5.74, 6) is 0. The third-order valence-electron chi connectivity index (χ3n) is 3.74. The Morgan fingerprint density at radius 3 is 1.23 bits per heavy atom. The zero-order valence-corrected chi connectivity index (χ0v) is 9.48. The van der Waals surface area contributed by atoms with Crippen LogP contribution in [0.1, 0.15) is 53.4 Å². The second-order valence-electron chi connectivity index (χ2n) is 4.18. The largest absolute Gasteiger partial charge is 0.299 e. The Kier molecular flexibility index (Phi) is 3.18. The van der Waals surface area contributed by atoms with Crippen LogP contribution in [0.2, 0.25) is 0 Å². The van der Waals surface area contributed by atoms with E-state index in [0.29, 0.717) is 0 Å². The lowest BCUT2D eigenvalue weighted by Crippen LogP contribution is -2.50. The summed E-state index contributed by atoms with van der Waals surface area (Å²) in [5.41, 5.74) is 0.567. The molecular formula is C12H23N. The molecule has 0 aromatic heterocycles. The summed E-state index contributed by atoms with van der Waals surface area (Å²) in [6, 6.07) is 0. The van der Waals surface area contributed by atoms with Gasteiger partial charge in [-0.05, 0) is 25.7 Å². The maximum absolute atomic E-state index is 3.81. The molecule has 76 valence electrons. The molecule has 0 saturated carbocycles. The molecule has 0 saturated heterocycles. The molecule has 0 fully saturated rings. The summed E-state index contributed by atoms with van der Waals surface area (Å²) in [4.78, 5) is 0. The lowest BCUT2D eigenvalue weighted by molar-refractivity contribution is 0.287. The van der Waals surface area contributed by atoms with E-state index in [1.54, 1.807) is 0 Å². The predicted octanol–water partition coefficient (Wildman–Crippen LogP) is 3.26. The highest BCUT2D eigenvalue weighted by Crippen LogP contribution is 2.32. The normalized spacial score (nSPS) is 23.7. The van der Waals surface area contributed by atoms with Crippen molar-refractivity contribution in [1.29, 1.82) is 0 Å². The van der Waals surface area contributed by atoms with Crippen molar-refractivity contribution < 1.29 is 0 Å². The molecule has 0 aromatic carbocycles. The number of hydrogen-bond acceptors (Lipinski definition) is 1. The van der Waals surface area contributed by atoms with Crippen LogP contribution in [0.5, 0.6) is 0 Å². The molecule has 0 aromatic rings.